The Morgan fingerprint density at radius 1 is 0.833 bits per heavy atom. The standard InChI is InChI=1S/C12H28N8O3Si/c1-4-21-24(22-5-2,23-6-3)9-7-8-15-10-16-11(19-13)18-12(17-10)20-14/h4-9,13-14H2,1-3H3,(H3,15,16,17,18,19,20). The molecule has 0 aliphatic rings. The van der Waals surface area contributed by atoms with Crippen LogP contribution in [0.1, 0.15) is 27.2 Å². The molecule has 11 nitrogen and oxygen atoms in total. The molecule has 0 aliphatic carbocycles. The lowest BCUT2D eigenvalue weighted by Gasteiger charge is -2.28. The number of hydrogen-bond acceptors (Lipinski definition) is 11. The van der Waals surface area contributed by atoms with Gasteiger partial charge in [-0.1, -0.05) is 0 Å². The van der Waals surface area contributed by atoms with Crippen LogP contribution in [0.4, 0.5) is 17.8 Å². The highest BCUT2D eigenvalue weighted by Gasteiger charge is 2.39. The van der Waals surface area contributed by atoms with Gasteiger partial charge in [0.05, 0.1) is 0 Å². The van der Waals surface area contributed by atoms with Gasteiger partial charge in [0.25, 0.3) is 0 Å². The van der Waals surface area contributed by atoms with Gasteiger partial charge in [0.2, 0.25) is 17.8 Å². The van der Waals surface area contributed by atoms with Gasteiger partial charge >= 0.3 is 8.80 Å². The predicted octanol–water partition coefficient (Wildman–Crippen LogP) is 0.293. The number of nitrogen functional groups attached to an aromatic ring is 2. The summed E-state index contributed by atoms with van der Waals surface area (Å²) in [5.41, 5.74) is 4.71. The lowest BCUT2D eigenvalue weighted by Crippen LogP contribution is -2.46. The van der Waals surface area contributed by atoms with E-state index in [0.717, 1.165) is 6.42 Å². The van der Waals surface area contributed by atoms with Gasteiger partial charge in [-0.2, -0.15) is 15.0 Å². The first-order chi connectivity index (χ1) is 11.6. The summed E-state index contributed by atoms with van der Waals surface area (Å²) in [5, 5.41) is 3.10. The van der Waals surface area contributed by atoms with Gasteiger partial charge in [0.1, 0.15) is 0 Å². The number of nitrogens with two attached hydrogens (primary N) is 2. The number of nitrogens with one attached hydrogen (secondary N) is 3. The molecule has 0 aromatic carbocycles. The van der Waals surface area contributed by atoms with E-state index in [1.807, 2.05) is 20.8 Å². The number of nitrogens with zero attached hydrogens (tertiary/aromatic N) is 3. The molecule has 1 heterocycles. The molecule has 1 aromatic rings. The van der Waals surface area contributed by atoms with Gasteiger partial charge in [-0.05, 0) is 27.2 Å². The van der Waals surface area contributed by atoms with Gasteiger partial charge in [0, 0.05) is 32.4 Å². The molecule has 0 unspecified atom stereocenters. The molecule has 0 saturated heterocycles. The fraction of sp³-hybridized carbons (Fsp3) is 0.750. The molecular weight excluding hydrogens is 332 g/mol. The lowest BCUT2D eigenvalue weighted by molar-refractivity contribution is 0.0710. The Bertz CT molecular complexity index is 442. The maximum absolute atomic E-state index is 5.81. The first kappa shape index (κ1) is 20.5. The first-order valence-corrected chi connectivity index (χ1v) is 9.91. The maximum atomic E-state index is 5.81. The third-order valence-electron chi connectivity index (χ3n) is 2.93. The zero-order chi connectivity index (χ0) is 17.8. The fourth-order valence-electron chi connectivity index (χ4n) is 2.09. The van der Waals surface area contributed by atoms with Crippen LogP contribution in [0.5, 0.6) is 0 Å². The monoisotopic (exact) mass is 360 g/mol. The molecule has 1 aromatic heterocycles. The van der Waals surface area contributed by atoms with E-state index in [0.29, 0.717) is 38.4 Å². The number of anilines is 3. The fourth-order valence-corrected chi connectivity index (χ4v) is 4.70. The van der Waals surface area contributed by atoms with E-state index in [9.17, 15) is 0 Å². The highest BCUT2D eigenvalue weighted by molar-refractivity contribution is 6.60. The second-order valence-electron chi connectivity index (χ2n) is 4.61. The van der Waals surface area contributed by atoms with Crippen molar-refractivity contribution >= 4 is 26.6 Å². The summed E-state index contributed by atoms with van der Waals surface area (Å²) in [6, 6.07) is 0.699. The molecule has 24 heavy (non-hydrogen) atoms. The molecule has 0 radical (unpaired) electrons. The number of hydrogen-bond donors (Lipinski definition) is 5. The van der Waals surface area contributed by atoms with E-state index in [2.05, 4.69) is 31.1 Å². The summed E-state index contributed by atoms with van der Waals surface area (Å²) in [5.74, 6) is 11.4. The van der Waals surface area contributed by atoms with Crippen molar-refractivity contribution in [3.63, 3.8) is 0 Å². The Balaban J connectivity index is 2.58. The SMILES string of the molecule is CCO[Si](CCCNc1nc(NN)nc(NN)n1)(OCC)OCC. The van der Waals surface area contributed by atoms with Crippen molar-refractivity contribution in [2.24, 2.45) is 11.7 Å². The summed E-state index contributed by atoms with van der Waals surface area (Å²) in [6.45, 7) is 8.10. The van der Waals surface area contributed by atoms with E-state index in [1.165, 1.54) is 0 Å². The van der Waals surface area contributed by atoms with Crippen LogP contribution in [0.3, 0.4) is 0 Å². The van der Waals surface area contributed by atoms with Crippen LogP contribution in [0, 0.1) is 0 Å². The molecular formula is C12H28N8O3Si. The summed E-state index contributed by atoms with van der Waals surface area (Å²) < 4.78 is 17.4. The summed E-state index contributed by atoms with van der Waals surface area (Å²) in [6.07, 6.45) is 0.772. The van der Waals surface area contributed by atoms with Crippen LogP contribution in [0.2, 0.25) is 6.04 Å². The van der Waals surface area contributed by atoms with Gasteiger partial charge in [-0.25, -0.2) is 11.7 Å². The summed E-state index contributed by atoms with van der Waals surface area (Å²) in [4.78, 5) is 12.1. The Kier molecular flexibility index (Phi) is 9.44. The molecule has 7 N–H and O–H groups in total. The largest absolute Gasteiger partial charge is 0.500 e. The zero-order valence-electron chi connectivity index (χ0n) is 14.5. The van der Waals surface area contributed by atoms with Gasteiger partial charge in [-0.15, -0.1) is 0 Å². The highest BCUT2D eigenvalue weighted by atomic mass is 28.4. The van der Waals surface area contributed by atoms with Crippen LogP contribution < -0.4 is 27.9 Å². The predicted molar refractivity (Wildman–Crippen MR) is 94.0 cm³/mol. The minimum Gasteiger partial charge on any atom is -0.374 e. The Morgan fingerprint density at radius 2 is 1.29 bits per heavy atom. The summed E-state index contributed by atoms with van der Waals surface area (Å²) in [7, 11) is -2.63. The van der Waals surface area contributed by atoms with Crippen molar-refractivity contribution in [2.75, 3.05) is 42.5 Å². The Hall–Kier alpha value is -1.57. The van der Waals surface area contributed by atoms with Crippen LogP contribution in [-0.2, 0) is 13.3 Å². The van der Waals surface area contributed by atoms with Crippen molar-refractivity contribution in [3.05, 3.63) is 0 Å². The Morgan fingerprint density at radius 3 is 1.71 bits per heavy atom. The van der Waals surface area contributed by atoms with Crippen molar-refractivity contribution in [1.29, 1.82) is 0 Å². The highest BCUT2D eigenvalue weighted by Crippen LogP contribution is 2.18. The average Bonchev–Trinajstić information content (AvgIpc) is 2.59. The third-order valence-corrected chi connectivity index (χ3v) is 6.08. The molecule has 1 rings (SSSR count). The van der Waals surface area contributed by atoms with Crippen LogP contribution in [-0.4, -0.2) is 50.1 Å². The van der Waals surface area contributed by atoms with Crippen molar-refractivity contribution in [1.82, 2.24) is 15.0 Å². The second-order valence-corrected chi connectivity index (χ2v) is 7.34. The van der Waals surface area contributed by atoms with E-state index in [4.69, 9.17) is 25.0 Å². The van der Waals surface area contributed by atoms with E-state index < -0.39 is 8.80 Å². The van der Waals surface area contributed by atoms with Crippen molar-refractivity contribution < 1.29 is 13.3 Å². The molecule has 0 fully saturated rings. The van der Waals surface area contributed by atoms with Crippen molar-refractivity contribution in [2.45, 2.75) is 33.2 Å². The minimum atomic E-state index is -2.63. The quantitative estimate of drug-likeness (QED) is 0.143. The molecule has 0 amide bonds. The van der Waals surface area contributed by atoms with Gasteiger partial charge < -0.3 is 18.6 Å². The average molecular weight is 360 g/mol. The van der Waals surface area contributed by atoms with Crippen LogP contribution >= 0.6 is 0 Å². The minimum absolute atomic E-state index is 0.210. The third kappa shape index (κ3) is 6.50. The second kappa shape index (κ2) is 11.1. The molecule has 138 valence electrons. The van der Waals surface area contributed by atoms with E-state index in [-0.39, 0.29) is 11.9 Å². The van der Waals surface area contributed by atoms with Crippen molar-refractivity contribution in [3.8, 4) is 0 Å². The van der Waals surface area contributed by atoms with Gasteiger partial charge in [0.15, 0.2) is 0 Å². The smallest absolute Gasteiger partial charge is 0.374 e. The normalized spacial score (nSPS) is 11.4. The molecule has 0 atom stereocenters. The van der Waals surface area contributed by atoms with E-state index in [1.54, 1.807) is 0 Å². The topological polar surface area (TPSA) is 154 Å². The number of hydrazine groups is 2. The molecule has 0 saturated carbocycles. The molecule has 12 heteroatoms. The van der Waals surface area contributed by atoms with E-state index >= 15 is 0 Å². The van der Waals surface area contributed by atoms with Gasteiger partial charge in [-0.3, -0.25) is 10.9 Å². The Labute approximate surface area is 143 Å². The number of aromatic nitrogens is 3. The molecule has 0 aliphatic heterocycles. The molecule has 0 spiro atoms. The number of rotatable bonds is 13. The lowest BCUT2D eigenvalue weighted by atomic mass is 10.5. The summed E-state index contributed by atoms with van der Waals surface area (Å²) >= 11 is 0. The van der Waals surface area contributed by atoms with Crippen LogP contribution in [0.15, 0.2) is 0 Å². The zero-order valence-corrected chi connectivity index (χ0v) is 15.5. The first-order valence-electron chi connectivity index (χ1n) is 7.98. The maximum Gasteiger partial charge on any atom is 0.500 e. The van der Waals surface area contributed by atoms with Crippen LogP contribution in [0.25, 0.3) is 0 Å². The molecule has 0 bridgehead atoms.